The fourth-order valence-corrected chi connectivity index (χ4v) is 3.08. The van der Waals surface area contributed by atoms with Gasteiger partial charge in [0.15, 0.2) is 0 Å². The molecule has 1 aliphatic heterocycles. The number of H-pyrrole nitrogens is 1. The third kappa shape index (κ3) is 3.85. The monoisotopic (exact) mass is 366 g/mol. The van der Waals surface area contributed by atoms with Crippen molar-refractivity contribution in [2.24, 2.45) is 0 Å². The predicted molar refractivity (Wildman–Crippen MR) is 95.0 cm³/mol. The van der Waals surface area contributed by atoms with Gasteiger partial charge in [-0.05, 0) is 44.3 Å². The normalized spacial score (nSPS) is 29.4. The second-order valence-electron chi connectivity index (χ2n) is 6.89. The van der Waals surface area contributed by atoms with Crippen molar-refractivity contribution < 1.29 is 29.9 Å². The molecule has 0 saturated carbocycles. The molecular formula is C18H26N2O6. The summed E-state index contributed by atoms with van der Waals surface area (Å²) in [5.41, 5.74) is 2.12. The summed E-state index contributed by atoms with van der Waals surface area (Å²) >= 11 is 0. The fourth-order valence-electron chi connectivity index (χ4n) is 3.08. The number of aromatic amines is 1. The van der Waals surface area contributed by atoms with Crippen LogP contribution >= 0.6 is 0 Å². The van der Waals surface area contributed by atoms with Gasteiger partial charge < -0.3 is 39.8 Å². The minimum Gasteiger partial charge on any atom is -0.462 e. The Bertz CT molecular complexity index is 732. The number of hydrogen-bond acceptors (Lipinski definition) is 7. The number of ether oxygens (including phenoxy) is 2. The van der Waals surface area contributed by atoms with Crippen LogP contribution in [0.3, 0.4) is 0 Å². The van der Waals surface area contributed by atoms with E-state index in [9.17, 15) is 20.4 Å². The highest BCUT2D eigenvalue weighted by Gasteiger charge is 2.44. The van der Waals surface area contributed by atoms with Crippen molar-refractivity contribution in [2.75, 3.05) is 27.2 Å². The SMILES string of the molecule is CN(C)CCc1c[nH]c2ccc(OC3O[C@H](CO)[C@@H](O)[C@H](O)[C@H]3O)cc12. The van der Waals surface area contributed by atoms with Crippen molar-refractivity contribution in [1.29, 1.82) is 0 Å². The maximum atomic E-state index is 10.1. The molecule has 2 heterocycles. The lowest BCUT2D eigenvalue weighted by Crippen LogP contribution is -2.60. The van der Waals surface area contributed by atoms with Gasteiger partial charge in [-0.2, -0.15) is 0 Å². The summed E-state index contributed by atoms with van der Waals surface area (Å²) in [6.45, 7) is 0.418. The van der Waals surface area contributed by atoms with Crippen molar-refractivity contribution in [1.82, 2.24) is 9.88 Å². The molecule has 0 aliphatic carbocycles. The number of rotatable bonds is 6. The standard InChI is InChI=1S/C18H26N2O6/c1-20(2)6-5-10-8-19-13-4-3-11(7-12(10)13)25-18-17(24)16(23)15(22)14(9-21)26-18/h3-4,7-8,14-19,21-24H,5-6,9H2,1-2H3/t14-,15-,16+,17-,18?/m1/s1. The van der Waals surface area contributed by atoms with Crippen LogP contribution in [0.4, 0.5) is 0 Å². The van der Waals surface area contributed by atoms with Gasteiger partial charge in [0, 0.05) is 23.6 Å². The summed E-state index contributed by atoms with van der Waals surface area (Å²) in [5.74, 6) is 0.465. The molecule has 1 saturated heterocycles. The second kappa shape index (κ2) is 7.91. The summed E-state index contributed by atoms with van der Waals surface area (Å²) in [6.07, 6.45) is -3.64. The van der Waals surface area contributed by atoms with Crippen LogP contribution in [0.5, 0.6) is 5.75 Å². The van der Waals surface area contributed by atoms with Gasteiger partial charge in [-0.25, -0.2) is 0 Å². The highest BCUT2D eigenvalue weighted by molar-refractivity contribution is 5.84. The zero-order chi connectivity index (χ0) is 18.8. The number of nitrogens with one attached hydrogen (secondary N) is 1. The van der Waals surface area contributed by atoms with Gasteiger partial charge in [0.1, 0.15) is 30.2 Å². The van der Waals surface area contributed by atoms with E-state index in [1.165, 1.54) is 0 Å². The van der Waals surface area contributed by atoms with Gasteiger partial charge in [0.05, 0.1) is 6.61 Å². The molecule has 5 N–H and O–H groups in total. The number of likely N-dealkylation sites (N-methyl/N-ethyl adjacent to an activating group) is 1. The molecule has 0 bridgehead atoms. The number of aromatic nitrogens is 1. The van der Waals surface area contributed by atoms with E-state index < -0.39 is 37.3 Å². The molecule has 1 fully saturated rings. The first-order valence-corrected chi connectivity index (χ1v) is 8.62. The molecule has 26 heavy (non-hydrogen) atoms. The minimum atomic E-state index is -1.46. The number of fused-ring (bicyclic) bond motifs is 1. The van der Waals surface area contributed by atoms with E-state index in [2.05, 4.69) is 9.88 Å². The van der Waals surface area contributed by atoms with Crippen LogP contribution in [0, 0.1) is 0 Å². The van der Waals surface area contributed by atoms with Crippen LogP contribution in [0.1, 0.15) is 5.56 Å². The van der Waals surface area contributed by atoms with Crippen LogP contribution in [0.25, 0.3) is 10.9 Å². The number of nitrogens with zero attached hydrogens (tertiary/aromatic N) is 1. The highest BCUT2D eigenvalue weighted by atomic mass is 16.7. The van der Waals surface area contributed by atoms with Crippen LogP contribution < -0.4 is 4.74 Å². The third-order valence-corrected chi connectivity index (χ3v) is 4.67. The molecule has 0 spiro atoms. The molecular weight excluding hydrogens is 340 g/mol. The Morgan fingerprint density at radius 3 is 2.62 bits per heavy atom. The van der Waals surface area contributed by atoms with Crippen molar-refractivity contribution in [3.63, 3.8) is 0 Å². The van der Waals surface area contributed by atoms with Gasteiger partial charge >= 0.3 is 0 Å². The van der Waals surface area contributed by atoms with E-state index in [4.69, 9.17) is 9.47 Å². The number of aliphatic hydroxyl groups is 4. The summed E-state index contributed by atoms with van der Waals surface area (Å²) in [6, 6.07) is 5.45. The van der Waals surface area contributed by atoms with E-state index in [1.807, 2.05) is 32.4 Å². The van der Waals surface area contributed by atoms with E-state index in [0.29, 0.717) is 5.75 Å². The molecule has 5 atom stereocenters. The van der Waals surface area contributed by atoms with Crippen LogP contribution in [0.2, 0.25) is 0 Å². The first-order valence-electron chi connectivity index (χ1n) is 8.62. The third-order valence-electron chi connectivity index (χ3n) is 4.67. The molecule has 3 rings (SSSR count). The minimum absolute atomic E-state index is 0.465. The van der Waals surface area contributed by atoms with Gasteiger partial charge in [-0.3, -0.25) is 0 Å². The molecule has 0 amide bonds. The number of hydrogen-bond donors (Lipinski definition) is 5. The average Bonchev–Trinajstić information content (AvgIpc) is 3.02. The predicted octanol–water partition coefficient (Wildman–Crippen LogP) is -0.549. The van der Waals surface area contributed by atoms with E-state index >= 15 is 0 Å². The quantitative estimate of drug-likeness (QED) is 0.465. The molecule has 144 valence electrons. The van der Waals surface area contributed by atoms with Crippen LogP contribution in [-0.2, 0) is 11.2 Å². The van der Waals surface area contributed by atoms with E-state index in [1.54, 1.807) is 6.07 Å². The average molecular weight is 366 g/mol. The number of aliphatic hydroxyl groups excluding tert-OH is 4. The van der Waals surface area contributed by atoms with Crippen LogP contribution in [-0.4, -0.2) is 88.3 Å². The van der Waals surface area contributed by atoms with Gasteiger partial charge in [0.25, 0.3) is 0 Å². The Hall–Kier alpha value is -1.68. The Morgan fingerprint density at radius 1 is 1.15 bits per heavy atom. The Morgan fingerprint density at radius 2 is 1.92 bits per heavy atom. The number of benzene rings is 1. The molecule has 1 aliphatic rings. The highest BCUT2D eigenvalue weighted by Crippen LogP contribution is 2.28. The maximum Gasteiger partial charge on any atom is 0.229 e. The first-order chi connectivity index (χ1) is 12.4. The molecule has 1 aromatic heterocycles. The second-order valence-corrected chi connectivity index (χ2v) is 6.89. The van der Waals surface area contributed by atoms with Crippen LogP contribution in [0.15, 0.2) is 24.4 Å². The van der Waals surface area contributed by atoms with Gasteiger partial charge in [-0.1, -0.05) is 0 Å². The fraction of sp³-hybridized carbons (Fsp3) is 0.556. The Kier molecular flexibility index (Phi) is 5.81. The van der Waals surface area contributed by atoms with Gasteiger partial charge in [0.2, 0.25) is 6.29 Å². The van der Waals surface area contributed by atoms with E-state index in [-0.39, 0.29) is 0 Å². The lowest BCUT2D eigenvalue weighted by molar-refractivity contribution is -0.277. The lowest BCUT2D eigenvalue weighted by atomic mass is 9.99. The zero-order valence-electron chi connectivity index (χ0n) is 14.9. The molecule has 0 radical (unpaired) electrons. The molecule has 2 aromatic rings. The Labute approximate surface area is 151 Å². The molecule has 8 heteroatoms. The smallest absolute Gasteiger partial charge is 0.229 e. The van der Waals surface area contributed by atoms with Gasteiger partial charge in [-0.15, -0.1) is 0 Å². The Balaban J connectivity index is 1.78. The zero-order valence-corrected chi connectivity index (χ0v) is 14.9. The first kappa shape index (κ1) is 19.1. The molecule has 8 nitrogen and oxygen atoms in total. The summed E-state index contributed by atoms with van der Waals surface area (Å²) in [5, 5.41) is 40.1. The van der Waals surface area contributed by atoms with Crippen molar-refractivity contribution >= 4 is 10.9 Å². The largest absolute Gasteiger partial charge is 0.462 e. The summed E-state index contributed by atoms with van der Waals surface area (Å²) in [7, 11) is 4.03. The molecule has 1 unspecified atom stereocenters. The van der Waals surface area contributed by atoms with Crippen molar-refractivity contribution in [2.45, 2.75) is 37.1 Å². The summed E-state index contributed by atoms with van der Waals surface area (Å²) < 4.78 is 11.1. The summed E-state index contributed by atoms with van der Waals surface area (Å²) in [4.78, 5) is 5.32. The van der Waals surface area contributed by atoms with Crippen molar-refractivity contribution in [3.05, 3.63) is 30.0 Å². The maximum absolute atomic E-state index is 10.1. The lowest BCUT2D eigenvalue weighted by Gasteiger charge is -2.39. The van der Waals surface area contributed by atoms with Crippen molar-refractivity contribution in [3.8, 4) is 5.75 Å². The topological polar surface area (TPSA) is 118 Å². The molecule has 1 aromatic carbocycles. The van der Waals surface area contributed by atoms with E-state index in [0.717, 1.165) is 29.4 Å².